The van der Waals surface area contributed by atoms with Crippen molar-refractivity contribution in [2.75, 3.05) is 19.3 Å². The van der Waals surface area contributed by atoms with Crippen LogP contribution in [-0.4, -0.2) is 58.3 Å². The van der Waals surface area contributed by atoms with Crippen LogP contribution >= 0.6 is 11.8 Å². The number of carbonyl (C=O) groups excluding carboxylic acids is 2. The second-order valence-electron chi connectivity index (χ2n) is 6.10. The summed E-state index contributed by atoms with van der Waals surface area (Å²) in [4.78, 5) is 30.3. The Hall–Kier alpha value is -2.32. The average Bonchev–Trinajstić information content (AvgIpc) is 3.12. The number of rotatable bonds is 5. The first-order valence-corrected chi connectivity index (χ1v) is 9.74. The van der Waals surface area contributed by atoms with Gasteiger partial charge >= 0.3 is 0 Å². The lowest BCUT2D eigenvalue weighted by atomic mass is 10.0. The summed E-state index contributed by atoms with van der Waals surface area (Å²) in [5.74, 6) is 1.09. The number of aromatic nitrogens is 1. The number of thioether (sulfide) groups is 1. The van der Waals surface area contributed by atoms with Crippen LogP contribution in [-0.2, 0) is 5.75 Å². The molecule has 2 amide bonds. The molecule has 2 aromatic heterocycles. The highest BCUT2D eigenvalue weighted by Crippen LogP contribution is 2.17. The predicted octanol–water partition coefficient (Wildman–Crippen LogP) is 1.54. The third-order valence-electron chi connectivity index (χ3n) is 4.24. The van der Waals surface area contributed by atoms with Crippen LogP contribution in [0.3, 0.4) is 0 Å². The third-order valence-corrected chi connectivity index (χ3v) is 4.81. The van der Waals surface area contributed by atoms with Gasteiger partial charge in [-0.05, 0) is 36.9 Å². The van der Waals surface area contributed by atoms with Crippen molar-refractivity contribution in [1.29, 1.82) is 0 Å². The van der Waals surface area contributed by atoms with Crippen LogP contribution < -0.4 is 5.32 Å². The van der Waals surface area contributed by atoms with Gasteiger partial charge in [-0.2, -0.15) is 11.8 Å². The normalized spacial score (nSPS) is 20.0. The van der Waals surface area contributed by atoms with Gasteiger partial charge in [0.1, 0.15) is 11.5 Å². The zero-order valence-corrected chi connectivity index (χ0v) is 15.2. The molecule has 138 valence electrons. The van der Waals surface area contributed by atoms with Gasteiger partial charge in [-0.25, -0.2) is 0 Å². The first-order valence-electron chi connectivity index (χ1n) is 8.35. The number of aliphatic hydroxyl groups is 1. The van der Waals surface area contributed by atoms with Gasteiger partial charge in [0.2, 0.25) is 0 Å². The number of nitrogens with zero attached hydrogens (tertiary/aromatic N) is 2. The van der Waals surface area contributed by atoms with Crippen LogP contribution in [0.25, 0.3) is 0 Å². The molecule has 3 heterocycles. The van der Waals surface area contributed by atoms with E-state index in [1.807, 2.05) is 6.26 Å². The molecule has 0 aliphatic carbocycles. The van der Waals surface area contributed by atoms with Crippen molar-refractivity contribution in [3.05, 3.63) is 53.7 Å². The molecule has 0 spiro atoms. The summed E-state index contributed by atoms with van der Waals surface area (Å²) in [7, 11) is 0. The summed E-state index contributed by atoms with van der Waals surface area (Å²) in [5.41, 5.74) is 0.346. The molecule has 2 aromatic rings. The Kier molecular flexibility index (Phi) is 5.95. The minimum absolute atomic E-state index is 0.149. The summed E-state index contributed by atoms with van der Waals surface area (Å²) in [6.45, 7) is 0.587. The fraction of sp³-hybridized carbons (Fsp3) is 0.389. The SMILES string of the molecule is CSCc1ccc(C(=O)NC2CCN(C(=O)c3ccccn3)CC2O)o1. The summed E-state index contributed by atoms with van der Waals surface area (Å²) in [6, 6.07) is 8.11. The highest BCUT2D eigenvalue weighted by atomic mass is 32.2. The van der Waals surface area contributed by atoms with E-state index in [0.717, 1.165) is 5.76 Å². The van der Waals surface area contributed by atoms with Gasteiger partial charge in [0.25, 0.3) is 11.8 Å². The molecule has 1 aliphatic rings. The molecular weight excluding hydrogens is 354 g/mol. The largest absolute Gasteiger partial charge is 0.455 e. The fourth-order valence-corrected chi connectivity index (χ4v) is 3.33. The van der Waals surface area contributed by atoms with Crippen LogP contribution in [0.15, 0.2) is 40.9 Å². The monoisotopic (exact) mass is 375 g/mol. The maximum absolute atomic E-state index is 12.4. The molecule has 0 bridgehead atoms. The number of nitrogens with one attached hydrogen (secondary N) is 1. The summed E-state index contributed by atoms with van der Waals surface area (Å²) in [6.07, 6.45) is 3.13. The highest BCUT2D eigenvalue weighted by Gasteiger charge is 2.32. The van der Waals surface area contributed by atoms with Crippen LogP contribution in [0.2, 0.25) is 0 Å². The molecule has 0 aromatic carbocycles. The number of aliphatic hydroxyl groups excluding tert-OH is 1. The Bertz CT molecular complexity index is 765. The number of furan rings is 1. The molecule has 8 heteroatoms. The fourth-order valence-electron chi connectivity index (χ4n) is 2.90. The van der Waals surface area contributed by atoms with Crippen molar-refractivity contribution < 1.29 is 19.1 Å². The standard InChI is InChI=1S/C18H21N3O4S/c1-26-11-12-5-6-16(25-12)17(23)20-13-7-9-21(10-15(13)22)18(24)14-4-2-3-8-19-14/h2-6,8,13,15,22H,7,9-11H2,1H3,(H,20,23). The van der Waals surface area contributed by atoms with Crippen molar-refractivity contribution >= 4 is 23.6 Å². The Morgan fingerprint density at radius 2 is 2.23 bits per heavy atom. The van der Waals surface area contributed by atoms with Gasteiger partial charge < -0.3 is 19.7 Å². The van der Waals surface area contributed by atoms with Crippen molar-refractivity contribution in [3.8, 4) is 0 Å². The molecule has 3 rings (SSSR count). The smallest absolute Gasteiger partial charge is 0.287 e. The Balaban J connectivity index is 1.56. The predicted molar refractivity (Wildman–Crippen MR) is 97.9 cm³/mol. The lowest BCUT2D eigenvalue weighted by Gasteiger charge is -2.35. The lowest BCUT2D eigenvalue weighted by Crippen LogP contribution is -2.55. The van der Waals surface area contributed by atoms with Crippen LogP contribution in [0.1, 0.15) is 33.2 Å². The lowest BCUT2D eigenvalue weighted by molar-refractivity contribution is 0.0307. The van der Waals surface area contributed by atoms with Gasteiger partial charge in [-0.15, -0.1) is 0 Å². The number of hydrogen-bond acceptors (Lipinski definition) is 6. The van der Waals surface area contributed by atoms with E-state index in [4.69, 9.17) is 4.42 Å². The molecule has 1 aliphatic heterocycles. The maximum Gasteiger partial charge on any atom is 0.287 e. The van der Waals surface area contributed by atoms with Crippen molar-refractivity contribution in [2.24, 2.45) is 0 Å². The molecule has 0 saturated carbocycles. The molecule has 2 atom stereocenters. The van der Waals surface area contributed by atoms with E-state index >= 15 is 0 Å². The van der Waals surface area contributed by atoms with E-state index in [2.05, 4.69) is 10.3 Å². The Morgan fingerprint density at radius 1 is 1.38 bits per heavy atom. The topological polar surface area (TPSA) is 95.7 Å². The average molecular weight is 375 g/mol. The van der Waals surface area contributed by atoms with Crippen molar-refractivity contribution in [2.45, 2.75) is 24.3 Å². The minimum Gasteiger partial charge on any atom is -0.455 e. The Labute approximate surface area is 155 Å². The van der Waals surface area contributed by atoms with E-state index in [0.29, 0.717) is 24.4 Å². The van der Waals surface area contributed by atoms with E-state index < -0.39 is 12.1 Å². The van der Waals surface area contributed by atoms with Gasteiger partial charge in [0, 0.05) is 19.3 Å². The second-order valence-corrected chi connectivity index (χ2v) is 6.97. The van der Waals surface area contributed by atoms with Crippen molar-refractivity contribution in [1.82, 2.24) is 15.2 Å². The molecule has 1 fully saturated rings. The third kappa shape index (κ3) is 4.25. The molecule has 1 saturated heterocycles. The number of pyridine rings is 1. The number of hydrogen-bond donors (Lipinski definition) is 2. The van der Waals surface area contributed by atoms with E-state index in [9.17, 15) is 14.7 Å². The number of carbonyl (C=O) groups is 2. The number of β-amino-alcohol motifs (C(OH)–C–C–N with tert-alkyl or cyclic N) is 1. The quantitative estimate of drug-likeness (QED) is 0.823. The zero-order chi connectivity index (χ0) is 18.5. The first kappa shape index (κ1) is 18.5. The summed E-state index contributed by atoms with van der Waals surface area (Å²) in [5, 5.41) is 13.2. The number of piperidine rings is 1. The maximum atomic E-state index is 12.4. The molecule has 26 heavy (non-hydrogen) atoms. The molecular formula is C18H21N3O4S. The summed E-state index contributed by atoms with van der Waals surface area (Å²) < 4.78 is 5.49. The zero-order valence-electron chi connectivity index (χ0n) is 14.4. The number of likely N-dealkylation sites (tertiary alicyclic amines) is 1. The van der Waals surface area contributed by atoms with E-state index in [1.54, 1.807) is 53.2 Å². The molecule has 2 N–H and O–H groups in total. The second kappa shape index (κ2) is 8.37. The van der Waals surface area contributed by atoms with Gasteiger partial charge in [0.05, 0.1) is 17.9 Å². The highest BCUT2D eigenvalue weighted by molar-refractivity contribution is 7.97. The van der Waals surface area contributed by atoms with Crippen LogP contribution in [0, 0.1) is 0 Å². The van der Waals surface area contributed by atoms with Crippen molar-refractivity contribution in [3.63, 3.8) is 0 Å². The number of amides is 2. The van der Waals surface area contributed by atoms with E-state index in [-0.39, 0.29) is 24.1 Å². The van der Waals surface area contributed by atoms with Crippen LogP contribution in [0.4, 0.5) is 0 Å². The van der Waals surface area contributed by atoms with Gasteiger partial charge in [-0.1, -0.05) is 6.07 Å². The van der Waals surface area contributed by atoms with E-state index in [1.165, 1.54) is 0 Å². The summed E-state index contributed by atoms with van der Waals surface area (Å²) >= 11 is 1.61. The molecule has 2 unspecified atom stereocenters. The van der Waals surface area contributed by atoms with Crippen LogP contribution in [0.5, 0.6) is 0 Å². The minimum atomic E-state index is -0.846. The Morgan fingerprint density at radius 3 is 2.92 bits per heavy atom. The molecule has 7 nitrogen and oxygen atoms in total. The molecule has 0 radical (unpaired) electrons. The first-order chi connectivity index (χ1) is 12.6. The van der Waals surface area contributed by atoms with Gasteiger partial charge in [0.15, 0.2) is 5.76 Å². The van der Waals surface area contributed by atoms with Gasteiger partial charge in [-0.3, -0.25) is 14.6 Å².